The Morgan fingerprint density at radius 2 is 1.79 bits per heavy atom. The van der Waals surface area contributed by atoms with Gasteiger partial charge in [0.05, 0.1) is 18.8 Å². The summed E-state index contributed by atoms with van der Waals surface area (Å²) in [4.78, 5) is 0. The highest BCUT2D eigenvalue weighted by atomic mass is 16.5. The van der Waals surface area contributed by atoms with E-state index in [1.807, 2.05) is 0 Å². The highest BCUT2D eigenvalue weighted by Crippen LogP contribution is 2.42. The van der Waals surface area contributed by atoms with Crippen molar-refractivity contribution in [2.75, 3.05) is 13.2 Å². The minimum atomic E-state index is -0.469. The first-order valence-corrected chi connectivity index (χ1v) is 7.22. The van der Waals surface area contributed by atoms with Crippen LogP contribution in [0.3, 0.4) is 0 Å². The minimum absolute atomic E-state index is 0.425. The van der Waals surface area contributed by atoms with Gasteiger partial charge in [0.15, 0.2) is 11.5 Å². The van der Waals surface area contributed by atoms with Crippen LogP contribution in [-0.4, -0.2) is 23.9 Å². The summed E-state index contributed by atoms with van der Waals surface area (Å²) >= 11 is 0. The van der Waals surface area contributed by atoms with E-state index in [1.165, 1.54) is 11.1 Å². The Morgan fingerprint density at radius 1 is 1.16 bits per heavy atom. The van der Waals surface area contributed by atoms with Crippen molar-refractivity contribution >= 4 is 0 Å². The van der Waals surface area contributed by atoms with Crippen molar-refractivity contribution in [3.05, 3.63) is 23.3 Å². The fourth-order valence-electron chi connectivity index (χ4n) is 2.63. The molecule has 0 unspecified atom stereocenters. The second kappa shape index (κ2) is 4.71. The number of hydrogen-bond donors (Lipinski definition) is 1. The topological polar surface area (TPSA) is 38.7 Å². The lowest BCUT2D eigenvalue weighted by molar-refractivity contribution is 0.150. The molecule has 0 atom stereocenters. The van der Waals surface area contributed by atoms with E-state index in [1.54, 1.807) is 0 Å². The van der Waals surface area contributed by atoms with E-state index in [0.29, 0.717) is 19.1 Å². The summed E-state index contributed by atoms with van der Waals surface area (Å²) in [6, 6.07) is 4.18. The number of aliphatic hydroxyl groups is 1. The molecule has 0 saturated heterocycles. The van der Waals surface area contributed by atoms with Crippen molar-refractivity contribution in [1.29, 1.82) is 0 Å². The van der Waals surface area contributed by atoms with Crippen molar-refractivity contribution < 1.29 is 14.6 Å². The zero-order valence-electron chi connectivity index (χ0n) is 11.7. The zero-order chi connectivity index (χ0) is 13.5. The summed E-state index contributed by atoms with van der Waals surface area (Å²) in [6.07, 6.45) is 3.49. The number of rotatable bonds is 3. The lowest BCUT2D eigenvalue weighted by Gasteiger charge is -2.19. The summed E-state index contributed by atoms with van der Waals surface area (Å²) in [5.74, 6) is 2.11. The normalized spacial score (nSPS) is 20.2. The molecule has 1 aliphatic heterocycles. The van der Waals surface area contributed by atoms with Crippen LogP contribution in [0, 0.1) is 0 Å². The third kappa shape index (κ3) is 2.71. The molecule has 0 aromatic heterocycles. The maximum Gasteiger partial charge on any atom is 0.161 e. The fourth-order valence-corrected chi connectivity index (χ4v) is 2.63. The lowest BCUT2D eigenvalue weighted by atomic mass is 9.92. The van der Waals surface area contributed by atoms with E-state index in [9.17, 15) is 5.11 Å². The van der Waals surface area contributed by atoms with Gasteiger partial charge in [-0.05, 0) is 42.0 Å². The Balaban J connectivity index is 1.98. The molecule has 1 fully saturated rings. The number of hydrogen-bond acceptors (Lipinski definition) is 3. The second-order valence-corrected chi connectivity index (χ2v) is 6.10. The second-order valence-electron chi connectivity index (χ2n) is 6.10. The molecule has 19 heavy (non-hydrogen) atoms. The molecule has 1 aromatic rings. The molecular formula is C16H22O3. The quantitative estimate of drug-likeness (QED) is 0.910. The van der Waals surface area contributed by atoms with Gasteiger partial charge in [-0.2, -0.15) is 0 Å². The fraction of sp³-hybridized carbons (Fsp3) is 0.625. The molecule has 1 saturated carbocycles. The summed E-state index contributed by atoms with van der Waals surface area (Å²) in [5, 5.41) is 10.2. The van der Waals surface area contributed by atoms with Gasteiger partial charge < -0.3 is 14.6 Å². The molecule has 3 rings (SSSR count). The molecule has 3 heteroatoms. The van der Waals surface area contributed by atoms with E-state index in [4.69, 9.17) is 9.47 Å². The molecule has 0 spiro atoms. The maximum absolute atomic E-state index is 10.2. The van der Waals surface area contributed by atoms with Crippen molar-refractivity contribution in [1.82, 2.24) is 0 Å². The van der Waals surface area contributed by atoms with Gasteiger partial charge in [0.1, 0.15) is 0 Å². The van der Waals surface area contributed by atoms with Crippen LogP contribution in [0.2, 0.25) is 0 Å². The summed E-state index contributed by atoms with van der Waals surface area (Å²) in [5.41, 5.74) is 2.01. The Kier molecular flexibility index (Phi) is 3.17. The van der Waals surface area contributed by atoms with Crippen LogP contribution < -0.4 is 9.47 Å². The molecule has 0 radical (unpaired) electrons. The summed E-state index contributed by atoms with van der Waals surface area (Å²) < 4.78 is 11.5. The van der Waals surface area contributed by atoms with Gasteiger partial charge in [-0.3, -0.25) is 0 Å². The molecule has 1 heterocycles. The molecular weight excluding hydrogens is 240 g/mol. The summed E-state index contributed by atoms with van der Waals surface area (Å²) in [6.45, 7) is 5.78. The van der Waals surface area contributed by atoms with E-state index < -0.39 is 5.60 Å². The highest BCUT2D eigenvalue weighted by Gasteiger charge is 2.41. The van der Waals surface area contributed by atoms with E-state index in [2.05, 4.69) is 26.0 Å². The lowest BCUT2D eigenvalue weighted by Crippen LogP contribution is -2.13. The van der Waals surface area contributed by atoms with Crippen molar-refractivity contribution in [2.24, 2.45) is 0 Å². The Morgan fingerprint density at radius 3 is 2.37 bits per heavy atom. The SMILES string of the molecule is CC(C)c1cc2c(cc1CC1(O)CC1)OCCCO2. The molecule has 104 valence electrons. The first-order valence-electron chi connectivity index (χ1n) is 7.22. The van der Waals surface area contributed by atoms with Gasteiger partial charge in [0.2, 0.25) is 0 Å². The van der Waals surface area contributed by atoms with Crippen LogP contribution >= 0.6 is 0 Å². The Hall–Kier alpha value is -1.22. The number of benzene rings is 1. The Bertz CT molecular complexity index is 475. The third-order valence-corrected chi connectivity index (χ3v) is 3.98. The smallest absolute Gasteiger partial charge is 0.161 e. The third-order valence-electron chi connectivity index (χ3n) is 3.98. The van der Waals surface area contributed by atoms with Gasteiger partial charge >= 0.3 is 0 Å². The number of fused-ring (bicyclic) bond motifs is 1. The van der Waals surface area contributed by atoms with Gasteiger partial charge in [-0.15, -0.1) is 0 Å². The van der Waals surface area contributed by atoms with Crippen LogP contribution in [0.25, 0.3) is 0 Å². The van der Waals surface area contributed by atoms with Gasteiger partial charge in [0.25, 0.3) is 0 Å². The molecule has 2 aliphatic rings. The average Bonchev–Trinajstić information content (AvgIpc) is 3.11. The van der Waals surface area contributed by atoms with Crippen molar-refractivity contribution in [2.45, 2.75) is 51.0 Å². The standard InChI is InChI=1S/C16H22O3/c1-11(2)13-9-15-14(18-6-3-7-19-15)8-12(13)10-16(17)4-5-16/h8-9,11,17H,3-7,10H2,1-2H3. The molecule has 3 nitrogen and oxygen atoms in total. The van der Waals surface area contributed by atoms with Crippen LogP contribution in [0.4, 0.5) is 0 Å². The van der Waals surface area contributed by atoms with Crippen molar-refractivity contribution in [3.8, 4) is 11.5 Å². The van der Waals surface area contributed by atoms with Crippen LogP contribution in [0.15, 0.2) is 12.1 Å². The van der Waals surface area contributed by atoms with E-state index in [0.717, 1.165) is 37.2 Å². The number of ether oxygens (including phenoxy) is 2. The molecule has 1 aromatic carbocycles. The van der Waals surface area contributed by atoms with Gasteiger partial charge in [0, 0.05) is 12.8 Å². The van der Waals surface area contributed by atoms with Crippen LogP contribution in [-0.2, 0) is 6.42 Å². The predicted octanol–water partition coefficient (Wildman–Crippen LogP) is 3.04. The van der Waals surface area contributed by atoms with Crippen molar-refractivity contribution in [3.63, 3.8) is 0 Å². The average molecular weight is 262 g/mol. The van der Waals surface area contributed by atoms with Gasteiger partial charge in [-0.25, -0.2) is 0 Å². The first-order chi connectivity index (χ1) is 9.07. The minimum Gasteiger partial charge on any atom is -0.490 e. The highest BCUT2D eigenvalue weighted by molar-refractivity contribution is 5.49. The molecule has 1 N–H and O–H groups in total. The predicted molar refractivity (Wildman–Crippen MR) is 74.0 cm³/mol. The molecule has 0 amide bonds. The van der Waals surface area contributed by atoms with E-state index in [-0.39, 0.29) is 0 Å². The zero-order valence-corrected chi connectivity index (χ0v) is 11.7. The molecule has 0 bridgehead atoms. The first kappa shape index (κ1) is 12.8. The van der Waals surface area contributed by atoms with Crippen LogP contribution in [0.1, 0.15) is 50.2 Å². The monoisotopic (exact) mass is 262 g/mol. The van der Waals surface area contributed by atoms with Crippen LogP contribution in [0.5, 0.6) is 11.5 Å². The van der Waals surface area contributed by atoms with E-state index >= 15 is 0 Å². The summed E-state index contributed by atoms with van der Waals surface area (Å²) in [7, 11) is 0. The largest absolute Gasteiger partial charge is 0.490 e. The molecule has 1 aliphatic carbocycles. The van der Waals surface area contributed by atoms with Gasteiger partial charge in [-0.1, -0.05) is 13.8 Å². The Labute approximate surface area is 114 Å². The maximum atomic E-state index is 10.2.